The highest BCUT2D eigenvalue weighted by atomic mass is 19.1. The van der Waals surface area contributed by atoms with Crippen LogP contribution in [-0.2, 0) is 4.74 Å². The number of nitrogens with one attached hydrogen (secondary N) is 2. The van der Waals surface area contributed by atoms with Crippen molar-refractivity contribution in [3.05, 3.63) is 30.1 Å². The number of para-hydroxylation sites is 1. The second-order valence-corrected chi connectivity index (χ2v) is 6.59. The van der Waals surface area contributed by atoms with Gasteiger partial charge in [-0.1, -0.05) is 12.1 Å². The lowest BCUT2D eigenvalue weighted by Crippen LogP contribution is -2.42. The Bertz CT molecular complexity index is 567. The summed E-state index contributed by atoms with van der Waals surface area (Å²) in [4.78, 5) is 4.36. The van der Waals surface area contributed by atoms with Crippen LogP contribution >= 0.6 is 0 Å². The van der Waals surface area contributed by atoms with Crippen molar-refractivity contribution in [1.82, 2.24) is 10.6 Å². The Morgan fingerprint density at radius 2 is 2.12 bits per heavy atom. The van der Waals surface area contributed by atoms with Gasteiger partial charge in [-0.2, -0.15) is 0 Å². The average molecular weight is 367 g/mol. The summed E-state index contributed by atoms with van der Waals surface area (Å²) in [5.74, 6) is 1.11. The molecule has 1 aliphatic rings. The zero-order chi connectivity index (χ0) is 18.8. The second-order valence-electron chi connectivity index (χ2n) is 6.59. The molecule has 2 unspecified atom stereocenters. The van der Waals surface area contributed by atoms with Crippen molar-refractivity contribution < 1.29 is 19.0 Å². The summed E-state index contributed by atoms with van der Waals surface area (Å²) >= 11 is 0. The van der Waals surface area contributed by atoms with E-state index >= 15 is 0 Å². The highest BCUT2D eigenvalue weighted by Crippen LogP contribution is 2.28. The van der Waals surface area contributed by atoms with Gasteiger partial charge in [0.05, 0.1) is 25.8 Å². The summed E-state index contributed by atoms with van der Waals surface area (Å²) in [5, 5.41) is 16.2. The second kappa shape index (κ2) is 11.0. The average Bonchev–Trinajstić information content (AvgIpc) is 3.44. The number of halogens is 1. The first-order valence-electron chi connectivity index (χ1n) is 9.27. The number of ether oxygens (including phenoxy) is 2. The lowest BCUT2D eigenvalue weighted by atomic mass is 10.3. The van der Waals surface area contributed by atoms with Crippen LogP contribution in [0.25, 0.3) is 0 Å². The number of hydrogen-bond acceptors (Lipinski definition) is 4. The number of aliphatic imine (C=N–C) groups is 1. The maximum Gasteiger partial charge on any atom is 0.191 e. The van der Waals surface area contributed by atoms with Crippen molar-refractivity contribution >= 4 is 5.96 Å². The van der Waals surface area contributed by atoms with Gasteiger partial charge in [-0.25, -0.2) is 4.39 Å². The molecule has 0 saturated heterocycles. The fourth-order valence-corrected chi connectivity index (χ4v) is 2.29. The largest absolute Gasteiger partial charge is 0.486 e. The van der Waals surface area contributed by atoms with Crippen LogP contribution in [-0.4, -0.2) is 56.1 Å². The number of hydrogen-bond donors (Lipinski definition) is 3. The molecule has 0 radical (unpaired) electrons. The molecule has 26 heavy (non-hydrogen) atoms. The van der Waals surface area contributed by atoms with Gasteiger partial charge >= 0.3 is 0 Å². The first-order valence-corrected chi connectivity index (χ1v) is 9.27. The number of benzene rings is 1. The van der Waals surface area contributed by atoms with Crippen molar-refractivity contribution in [2.24, 2.45) is 10.9 Å². The number of aliphatic hydroxyl groups is 1. The maximum absolute atomic E-state index is 13.6. The van der Waals surface area contributed by atoms with Crippen molar-refractivity contribution in [2.75, 3.05) is 32.8 Å². The predicted octanol–water partition coefficient (Wildman–Crippen LogP) is 1.94. The molecule has 3 N–H and O–H groups in total. The van der Waals surface area contributed by atoms with Crippen LogP contribution in [0.2, 0.25) is 0 Å². The van der Waals surface area contributed by atoms with Gasteiger partial charge < -0.3 is 25.2 Å². The lowest BCUT2D eigenvalue weighted by molar-refractivity contribution is 0.0368. The third-order valence-corrected chi connectivity index (χ3v) is 3.89. The summed E-state index contributed by atoms with van der Waals surface area (Å²) in [5.41, 5.74) is 0. The Labute approximate surface area is 154 Å². The summed E-state index contributed by atoms with van der Waals surface area (Å²) in [6.07, 6.45) is 1.59. The minimum atomic E-state index is -0.628. The van der Waals surface area contributed by atoms with Gasteiger partial charge in [-0.3, -0.25) is 4.99 Å². The van der Waals surface area contributed by atoms with E-state index in [0.717, 1.165) is 6.61 Å². The quantitative estimate of drug-likeness (QED) is 0.412. The third-order valence-electron chi connectivity index (χ3n) is 3.89. The van der Waals surface area contributed by atoms with Crippen molar-refractivity contribution in [3.63, 3.8) is 0 Å². The van der Waals surface area contributed by atoms with Crippen molar-refractivity contribution in [3.8, 4) is 5.75 Å². The number of nitrogens with zero attached hydrogens (tertiary/aromatic N) is 1. The first-order chi connectivity index (χ1) is 12.6. The summed E-state index contributed by atoms with van der Waals surface area (Å²) in [7, 11) is 0. The first kappa shape index (κ1) is 20.5. The van der Waals surface area contributed by atoms with E-state index in [2.05, 4.69) is 15.6 Å². The summed E-state index contributed by atoms with van der Waals surface area (Å²) in [6.45, 7) is 6.24. The number of rotatable bonds is 11. The summed E-state index contributed by atoms with van der Waals surface area (Å²) in [6, 6.07) is 6.33. The molecule has 0 heterocycles. The van der Waals surface area contributed by atoms with Gasteiger partial charge in [0.2, 0.25) is 0 Å². The zero-order valence-corrected chi connectivity index (χ0v) is 15.6. The van der Waals surface area contributed by atoms with Crippen LogP contribution in [0.4, 0.5) is 4.39 Å². The van der Waals surface area contributed by atoms with Crippen LogP contribution in [0.1, 0.15) is 26.7 Å². The normalized spacial score (nSPS) is 16.8. The highest BCUT2D eigenvalue weighted by molar-refractivity contribution is 5.79. The van der Waals surface area contributed by atoms with Crippen LogP contribution in [0.3, 0.4) is 0 Å². The molecule has 146 valence electrons. The molecule has 0 bridgehead atoms. The fourth-order valence-electron chi connectivity index (χ4n) is 2.29. The van der Waals surface area contributed by atoms with Crippen LogP contribution in [0.15, 0.2) is 29.3 Å². The van der Waals surface area contributed by atoms with Gasteiger partial charge in [0.1, 0.15) is 6.10 Å². The third kappa shape index (κ3) is 8.01. The predicted molar refractivity (Wildman–Crippen MR) is 100 cm³/mol. The van der Waals surface area contributed by atoms with Gasteiger partial charge in [0.15, 0.2) is 17.5 Å². The Morgan fingerprint density at radius 1 is 1.35 bits per heavy atom. The maximum atomic E-state index is 13.6. The van der Waals surface area contributed by atoms with E-state index in [-0.39, 0.29) is 24.2 Å². The van der Waals surface area contributed by atoms with Gasteiger partial charge in [0, 0.05) is 13.2 Å². The molecule has 2 rings (SSSR count). The highest BCUT2D eigenvalue weighted by Gasteiger charge is 2.21. The molecule has 2 atom stereocenters. The molecule has 0 spiro atoms. The van der Waals surface area contributed by atoms with Crippen LogP contribution in [0.5, 0.6) is 5.75 Å². The molecule has 1 aromatic carbocycles. The SMILES string of the molecule is CCNC(=NCC(O)COCC1CC1)NCC(C)Oc1ccccc1F. The van der Waals surface area contributed by atoms with Crippen LogP contribution < -0.4 is 15.4 Å². The fraction of sp³-hybridized carbons (Fsp3) is 0.632. The van der Waals surface area contributed by atoms with Gasteiger partial charge in [-0.05, 0) is 44.7 Å². The molecule has 0 amide bonds. The minimum absolute atomic E-state index is 0.229. The number of guanidine groups is 1. The molecule has 1 fully saturated rings. The monoisotopic (exact) mass is 367 g/mol. The summed E-state index contributed by atoms with van der Waals surface area (Å²) < 4.78 is 24.7. The Hall–Kier alpha value is -1.86. The van der Waals surface area contributed by atoms with Gasteiger partial charge in [0.25, 0.3) is 0 Å². The van der Waals surface area contributed by atoms with E-state index in [0.29, 0.717) is 31.6 Å². The Balaban J connectivity index is 1.72. The molecule has 1 aliphatic carbocycles. The molecule has 7 heteroatoms. The molecule has 0 aliphatic heterocycles. The number of aliphatic hydroxyl groups excluding tert-OH is 1. The van der Waals surface area contributed by atoms with Gasteiger partial charge in [-0.15, -0.1) is 0 Å². The molecule has 0 aromatic heterocycles. The van der Waals surface area contributed by atoms with Crippen LogP contribution in [0, 0.1) is 11.7 Å². The molecule has 1 saturated carbocycles. The zero-order valence-electron chi connectivity index (χ0n) is 15.6. The van der Waals surface area contributed by atoms with E-state index in [1.165, 1.54) is 18.9 Å². The van der Waals surface area contributed by atoms with E-state index in [1.54, 1.807) is 18.2 Å². The van der Waals surface area contributed by atoms with E-state index in [1.807, 2.05) is 13.8 Å². The lowest BCUT2D eigenvalue weighted by Gasteiger charge is -2.18. The topological polar surface area (TPSA) is 75.1 Å². The standard InChI is InChI=1S/C19H30FN3O3/c1-3-21-19(23-11-16(24)13-25-12-15-8-9-15)22-10-14(2)26-18-7-5-4-6-17(18)20/h4-7,14-16,24H,3,8-13H2,1-2H3,(H2,21,22,23). The minimum Gasteiger partial charge on any atom is -0.486 e. The molecule has 1 aromatic rings. The Kier molecular flexibility index (Phi) is 8.64. The van der Waals surface area contributed by atoms with E-state index in [9.17, 15) is 9.50 Å². The molecular formula is C19H30FN3O3. The van der Waals surface area contributed by atoms with Crippen molar-refractivity contribution in [1.29, 1.82) is 0 Å². The smallest absolute Gasteiger partial charge is 0.191 e. The molecule has 6 nitrogen and oxygen atoms in total. The van der Waals surface area contributed by atoms with E-state index in [4.69, 9.17) is 9.47 Å². The van der Waals surface area contributed by atoms with Crippen molar-refractivity contribution in [2.45, 2.75) is 38.9 Å². The Morgan fingerprint density at radius 3 is 2.81 bits per heavy atom. The van der Waals surface area contributed by atoms with E-state index < -0.39 is 6.10 Å². The molecular weight excluding hydrogens is 337 g/mol.